The van der Waals surface area contributed by atoms with Gasteiger partial charge in [0.05, 0.1) is 30.6 Å². The van der Waals surface area contributed by atoms with Crippen LogP contribution in [0.2, 0.25) is 0 Å². The summed E-state index contributed by atoms with van der Waals surface area (Å²) in [6, 6.07) is 0. The van der Waals surface area contributed by atoms with Crippen LogP contribution in [-0.2, 0) is 32.2 Å². The fraction of sp³-hybridized carbons (Fsp3) is 0.522. The second kappa shape index (κ2) is 12.1. The van der Waals surface area contributed by atoms with E-state index in [2.05, 4.69) is 27.5 Å². The van der Waals surface area contributed by atoms with E-state index in [1.54, 1.807) is 26.1 Å². The van der Waals surface area contributed by atoms with E-state index in [4.69, 9.17) is 4.74 Å². The monoisotopic (exact) mass is 507 g/mol. The molecule has 2 atom stereocenters. The number of aromatic nitrogens is 3. The molecule has 0 saturated heterocycles. The maximum atomic E-state index is 12.2. The van der Waals surface area contributed by atoms with Crippen molar-refractivity contribution in [1.29, 1.82) is 0 Å². The molecule has 4 N–H and O–H groups in total. The Bertz CT molecular complexity index is 1020. The molecule has 0 aromatic carbocycles. The normalized spacial score (nSPS) is 19.2. The highest BCUT2D eigenvalue weighted by Gasteiger charge is 2.38. The van der Waals surface area contributed by atoms with Crippen LogP contribution in [0.25, 0.3) is 0 Å². The first-order valence-corrected chi connectivity index (χ1v) is 11.8. The molecule has 0 spiro atoms. The van der Waals surface area contributed by atoms with Crippen molar-refractivity contribution in [2.75, 3.05) is 19.8 Å². The second-order valence-corrected chi connectivity index (χ2v) is 10.5. The number of thioether (sulfide) groups is 1. The van der Waals surface area contributed by atoms with Crippen LogP contribution >= 0.6 is 11.8 Å². The predicted molar refractivity (Wildman–Crippen MR) is 131 cm³/mol. The number of nitrogens with zero attached hydrogens (tertiary/aromatic N) is 3. The number of amides is 2. The Kier molecular flexibility index (Phi) is 9.81. The standard InChI is InChI=1S/C23H33N5O6S/c1-6-15(2)10-23(5)17(9-19(31)35-23)34-13-18(30)24-7-8-28-12-16(26-27-28)11-25-21(33)20(32)22(3,4)14-29/h6,9-10,12,20,29,32H,1,7-8,11,13-14H2,2-5H3,(H,24,30)(H,25,33)/t20-,23+/m0/s1. The van der Waals surface area contributed by atoms with Crippen LogP contribution in [0.3, 0.4) is 0 Å². The predicted octanol–water partition coefficient (Wildman–Crippen LogP) is 0.455. The lowest BCUT2D eigenvalue weighted by Crippen LogP contribution is -2.45. The number of nitrogens with one attached hydrogen (secondary N) is 2. The average Bonchev–Trinajstić information content (AvgIpc) is 3.37. The summed E-state index contributed by atoms with van der Waals surface area (Å²) in [4.78, 5) is 36.1. The van der Waals surface area contributed by atoms with Crippen molar-refractivity contribution in [3.05, 3.63) is 48.0 Å². The highest BCUT2D eigenvalue weighted by atomic mass is 32.2. The molecule has 192 valence electrons. The van der Waals surface area contributed by atoms with E-state index < -0.39 is 22.2 Å². The lowest BCUT2D eigenvalue weighted by atomic mass is 9.87. The molecule has 1 aromatic rings. The van der Waals surface area contributed by atoms with Gasteiger partial charge in [-0.05, 0) is 13.8 Å². The van der Waals surface area contributed by atoms with Crippen molar-refractivity contribution < 1.29 is 29.3 Å². The first kappa shape index (κ1) is 28.3. The molecule has 2 amide bonds. The smallest absolute Gasteiger partial charge is 0.257 e. The number of carbonyl (C=O) groups is 3. The van der Waals surface area contributed by atoms with Crippen LogP contribution in [0.4, 0.5) is 0 Å². The van der Waals surface area contributed by atoms with E-state index in [9.17, 15) is 24.6 Å². The van der Waals surface area contributed by atoms with Crippen LogP contribution < -0.4 is 10.6 Å². The van der Waals surface area contributed by atoms with Crippen LogP contribution in [0.5, 0.6) is 0 Å². The number of aliphatic hydroxyl groups is 2. The van der Waals surface area contributed by atoms with E-state index >= 15 is 0 Å². The quantitative estimate of drug-likeness (QED) is 0.279. The van der Waals surface area contributed by atoms with Crippen LogP contribution in [-0.4, -0.2) is 72.7 Å². The van der Waals surface area contributed by atoms with E-state index in [1.807, 2.05) is 19.9 Å². The van der Waals surface area contributed by atoms with Crippen molar-refractivity contribution in [3.8, 4) is 0 Å². The maximum Gasteiger partial charge on any atom is 0.257 e. The van der Waals surface area contributed by atoms with Gasteiger partial charge in [-0.2, -0.15) is 0 Å². The van der Waals surface area contributed by atoms with E-state index in [0.717, 1.165) is 17.3 Å². The van der Waals surface area contributed by atoms with Gasteiger partial charge in [0.15, 0.2) is 6.61 Å². The molecule has 1 aliphatic heterocycles. The third kappa shape index (κ3) is 8.05. The summed E-state index contributed by atoms with van der Waals surface area (Å²) < 4.78 is 6.44. The largest absolute Gasteiger partial charge is 0.486 e. The van der Waals surface area contributed by atoms with Crippen molar-refractivity contribution >= 4 is 28.7 Å². The summed E-state index contributed by atoms with van der Waals surface area (Å²) in [5, 5.41) is 32.3. The number of rotatable bonds is 13. The summed E-state index contributed by atoms with van der Waals surface area (Å²) in [5.41, 5.74) is 0.400. The summed E-state index contributed by atoms with van der Waals surface area (Å²) in [6.07, 6.45) is 5.20. The second-order valence-electron chi connectivity index (χ2n) is 9.01. The third-order valence-corrected chi connectivity index (χ3v) is 6.39. The van der Waals surface area contributed by atoms with Crippen molar-refractivity contribution in [1.82, 2.24) is 25.6 Å². The third-order valence-electron chi connectivity index (χ3n) is 5.32. The molecule has 1 aliphatic rings. The molecular weight excluding hydrogens is 474 g/mol. The van der Waals surface area contributed by atoms with Gasteiger partial charge in [-0.1, -0.05) is 55.1 Å². The Morgan fingerprint density at radius 3 is 2.77 bits per heavy atom. The Hall–Kier alpha value is -2.96. The topological polar surface area (TPSA) is 156 Å². The number of hydrogen-bond acceptors (Lipinski definition) is 9. The van der Waals surface area contributed by atoms with Gasteiger partial charge in [0.1, 0.15) is 17.6 Å². The maximum absolute atomic E-state index is 12.2. The van der Waals surface area contributed by atoms with Gasteiger partial charge in [-0.3, -0.25) is 19.1 Å². The Morgan fingerprint density at radius 1 is 1.40 bits per heavy atom. The van der Waals surface area contributed by atoms with Gasteiger partial charge in [0.25, 0.3) is 5.91 Å². The zero-order valence-corrected chi connectivity index (χ0v) is 21.2. The molecule has 35 heavy (non-hydrogen) atoms. The Morgan fingerprint density at radius 2 is 2.11 bits per heavy atom. The summed E-state index contributed by atoms with van der Waals surface area (Å²) in [5.74, 6) is -0.552. The summed E-state index contributed by atoms with van der Waals surface area (Å²) in [7, 11) is 0. The van der Waals surface area contributed by atoms with Crippen molar-refractivity contribution in [2.45, 2.75) is 51.6 Å². The van der Waals surface area contributed by atoms with E-state index in [0.29, 0.717) is 18.0 Å². The lowest BCUT2D eigenvalue weighted by Gasteiger charge is -2.26. The first-order valence-electron chi connectivity index (χ1n) is 11.0. The average molecular weight is 508 g/mol. The Labute approximate surface area is 208 Å². The van der Waals surface area contributed by atoms with E-state index in [1.165, 1.54) is 10.8 Å². The van der Waals surface area contributed by atoms with Gasteiger partial charge >= 0.3 is 0 Å². The molecule has 0 saturated carbocycles. The fourth-order valence-electron chi connectivity index (χ4n) is 3.07. The number of ether oxygens (including phenoxy) is 1. The molecule has 12 heteroatoms. The van der Waals surface area contributed by atoms with Gasteiger partial charge in [0.2, 0.25) is 11.0 Å². The number of carbonyl (C=O) groups excluding carboxylic acids is 3. The molecule has 2 rings (SSSR count). The highest BCUT2D eigenvalue weighted by Crippen LogP contribution is 2.42. The molecule has 0 aliphatic carbocycles. The molecule has 1 aromatic heterocycles. The minimum atomic E-state index is -1.36. The SMILES string of the molecule is C=CC(C)=C[C@@]1(C)SC(=O)C=C1OCC(=O)NCCn1cc(CNC(=O)[C@H](O)C(C)(C)CO)nn1. The zero-order chi connectivity index (χ0) is 26.2. The van der Waals surface area contributed by atoms with Crippen LogP contribution in [0.1, 0.15) is 33.4 Å². The van der Waals surface area contributed by atoms with Gasteiger partial charge in [-0.15, -0.1) is 5.10 Å². The van der Waals surface area contributed by atoms with Gasteiger partial charge in [-0.25, -0.2) is 0 Å². The molecule has 0 bridgehead atoms. The minimum absolute atomic E-state index is 0.0575. The highest BCUT2D eigenvalue weighted by molar-refractivity contribution is 8.15. The molecule has 11 nitrogen and oxygen atoms in total. The number of aliphatic hydroxyl groups excluding tert-OH is 2. The first-order chi connectivity index (χ1) is 16.4. The zero-order valence-electron chi connectivity index (χ0n) is 20.4. The van der Waals surface area contributed by atoms with Gasteiger partial charge < -0.3 is 25.6 Å². The molecule has 0 unspecified atom stereocenters. The van der Waals surface area contributed by atoms with Crippen molar-refractivity contribution in [2.24, 2.45) is 5.41 Å². The summed E-state index contributed by atoms with van der Waals surface area (Å²) in [6.45, 7) is 10.7. The molecule has 0 radical (unpaired) electrons. The molecule has 0 fully saturated rings. The van der Waals surface area contributed by atoms with E-state index in [-0.39, 0.29) is 37.3 Å². The fourth-order valence-corrected chi connectivity index (χ4v) is 4.11. The van der Waals surface area contributed by atoms with Crippen molar-refractivity contribution in [3.63, 3.8) is 0 Å². The van der Waals surface area contributed by atoms with Crippen LogP contribution in [0, 0.1) is 5.41 Å². The number of allylic oxidation sites excluding steroid dienone is 2. The summed E-state index contributed by atoms with van der Waals surface area (Å²) >= 11 is 1.12. The lowest BCUT2D eigenvalue weighted by molar-refractivity contribution is -0.137. The minimum Gasteiger partial charge on any atom is -0.486 e. The number of hydrogen-bond donors (Lipinski definition) is 4. The Balaban J connectivity index is 1.76. The van der Waals surface area contributed by atoms with Gasteiger partial charge in [0, 0.05) is 18.0 Å². The van der Waals surface area contributed by atoms with Crippen LogP contribution in [0.15, 0.2) is 42.3 Å². The molecular formula is C23H33N5O6S. The molecule has 2 heterocycles.